The Bertz CT molecular complexity index is 271. The number of rotatable bonds is 3. The second-order valence-electron chi connectivity index (χ2n) is 1.75. The molecule has 0 spiro atoms. The Hall–Kier alpha value is -0.650. The van der Waals surface area contributed by atoms with Crippen LogP contribution in [-0.4, -0.2) is 33.5 Å². The molecule has 66 valence electrons. The molecule has 0 fully saturated rings. The summed E-state index contributed by atoms with van der Waals surface area (Å²) >= 11 is 10.9. The lowest BCUT2D eigenvalue weighted by Crippen LogP contribution is -2.05. The van der Waals surface area contributed by atoms with Crippen molar-refractivity contribution < 1.29 is 9.84 Å². The molecule has 1 heterocycles. The maximum atomic E-state index is 8.42. The minimum Gasteiger partial charge on any atom is -0.473 e. The number of aliphatic hydroxyl groups is 1. The van der Waals surface area contributed by atoms with Gasteiger partial charge in [-0.25, -0.2) is 0 Å². The Morgan fingerprint density at radius 2 is 2.08 bits per heavy atom. The van der Waals surface area contributed by atoms with E-state index in [0.717, 1.165) is 0 Å². The van der Waals surface area contributed by atoms with Crippen LogP contribution in [0, 0.1) is 0 Å². The van der Waals surface area contributed by atoms with Crippen LogP contribution in [0.3, 0.4) is 0 Å². The van der Waals surface area contributed by atoms with Gasteiger partial charge < -0.3 is 9.84 Å². The number of nitrogens with zero attached hydrogens (tertiary/aromatic N) is 3. The lowest BCUT2D eigenvalue weighted by Gasteiger charge is -2.02. The monoisotopic (exact) mass is 209 g/mol. The average molecular weight is 210 g/mol. The number of hydrogen-bond donors (Lipinski definition) is 1. The Kier molecular flexibility index (Phi) is 3.46. The summed E-state index contributed by atoms with van der Waals surface area (Å²) in [6, 6.07) is 0. The summed E-state index contributed by atoms with van der Waals surface area (Å²) < 4.78 is 4.89. The number of hydrogen-bond acceptors (Lipinski definition) is 5. The molecule has 0 aliphatic heterocycles. The standard InChI is InChI=1S/C5H5Cl2N3O2/c6-3-4(12-2-1-11)8-5(7)10-9-3/h11H,1-2H2. The molecule has 1 rings (SSSR count). The lowest BCUT2D eigenvalue weighted by molar-refractivity contribution is 0.196. The molecule has 1 N–H and O–H groups in total. The molecule has 1 aromatic rings. The molecule has 0 atom stereocenters. The van der Waals surface area contributed by atoms with E-state index in [1.54, 1.807) is 0 Å². The van der Waals surface area contributed by atoms with Crippen LogP contribution in [0.4, 0.5) is 0 Å². The Balaban J connectivity index is 2.75. The predicted octanol–water partition coefficient (Wildman–Crippen LogP) is 0.549. The molecule has 0 radical (unpaired) electrons. The van der Waals surface area contributed by atoms with Crippen molar-refractivity contribution >= 4 is 23.2 Å². The van der Waals surface area contributed by atoms with Gasteiger partial charge in [0.15, 0.2) is 0 Å². The third kappa shape index (κ3) is 2.44. The molecule has 1 aromatic heterocycles. The van der Waals surface area contributed by atoms with E-state index >= 15 is 0 Å². The molecule has 0 amide bonds. The highest BCUT2D eigenvalue weighted by atomic mass is 35.5. The fourth-order valence-electron chi connectivity index (χ4n) is 0.514. The highest BCUT2D eigenvalue weighted by Gasteiger charge is 2.06. The third-order valence-corrected chi connectivity index (χ3v) is 1.32. The van der Waals surface area contributed by atoms with Crippen molar-refractivity contribution in [2.75, 3.05) is 13.2 Å². The average Bonchev–Trinajstić information content (AvgIpc) is 2.07. The molecule has 0 saturated carbocycles. The highest BCUT2D eigenvalue weighted by molar-refractivity contribution is 6.31. The topological polar surface area (TPSA) is 68.1 Å². The smallest absolute Gasteiger partial charge is 0.257 e. The van der Waals surface area contributed by atoms with E-state index < -0.39 is 0 Å². The van der Waals surface area contributed by atoms with Crippen LogP contribution in [0.25, 0.3) is 0 Å². The van der Waals surface area contributed by atoms with Crippen LogP contribution >= 0.6 is 23.2 Å². The molecule has 12 heavy (non-hydrogen) atoms. The molecule has 0 aliphatic carbocycles. The van der Waals surface area contributed by atoms with E-state index in [0.29, 0.717) is 0 Å². The summed E-state index contributed by atoms with van der Waals surface area (Å²) in [4.78, 5) is 3.64. The van der Waals surface area contributed by atoms with E-state index in [9.17, 15) is 0 Å². The first-order valence-corrected chi connectivity index (χ1v) is 3.79. The number of aromatic nitrogens is 3. The zero-order valence-electron chi connectivity index (χ0n) is 5.87. The van der Waals surface area contributed by atoms with Gasteiger partial charge in [-0.2, -0.15) is 4.98 Å². The van der Waals surface area contributed by atoms with Gasteiger partial charge in [0.05, 0.1) is 6.61 Å². The second-order valence-corrected chi connectivity index (χ2v) is 2.44. The number of aliphatic hydroxyl groups excluding tert-OH is 1. The van der Waals surface area contributed by atoms with Gasteiger partial charge in [0.2, 0.25) is 10.4 Å². The van der Waals surface area contributed by atoms with Crippen LogP contribution in [0.1, 0.15) is 0 Å². The summed E-state index contributed by atoms with van der Waals surface area (Å²) in [5.74, 6) is 0.0747. The molecule has 0 bridgehead atoms. The van der Waals surface area contributed by atoms with Gasteiger partial charge in [0.1, 0.15) is 6.61 Å². The normalized spacial score (nSPS) is 9.92. The van der Waals surface area contributed by atoms with Crippen molar-refractivity contribution in [3.8, 4) is 5.88 Å². The summed E-state index contributed by atoms with van der Waals surface area (Å²) in [6.07, 6.45) is 0. The van der Waals surface area contributed by atoms with Crippen LogP contribution in [-0.2, 0) is 0 Å². The van der Waals surface area contributed by atoms with Gasteiger partial charge in [0.25, 0.3) is 5.88 Å². The molecule has 7 heteroatoms. The first kappa shape index (κ1) is 9.44. The van der Waals surface area contributed by atoms with Crippen molar-refractivity contribution in [1.82, 2.24) is 15.2 Å². The maximum absolute atomic E-state index is 8.42. The largest absolute Gasteiger partial charge is 0.473 e. The Labute approximate surface area is 78.3 Å². The summed E-state index contributed by atoms with van der Waals surface area (Å²) in [6.45, 7) is -0.0350. The van der Waals surface area contributed by atoms with Gasteiger partial charge in [-0.15, -0.1) is 10.2 Å². The summed E-state index contributed by atoms with van der Waals surface area (Å²) in [5, 5.41) is 15.2. The molecule has 0 aromatic carbocycles. The van der Waals surface area contributed by atoms with E-state index in [1.165, 1.54) is 0 Å². The van der Waals surface area contributed by atoms with E-state index in [-0.39, 0.29) is 29.5 Å². The first-order valence-electron chi connectivity index (χ1n) is 3.03. The van der Waals surface area contributed by atoms with Crippen molar-refractivity contribution in [3.05, 3.63) is 10.4 Å². The zero-order chi connectivity index (χ0) is 8.97. The fraction of sp³-hybridized carbons (Fsp3) is 0.400. The number of halogens is 2. The van der Waals surface area contributed by atoms with Crippen LogP contribution in [0.5, 0.6) is 5.88 Å². The van der Waals surface area contributed by atoms with Gasteiger partial charge in [-0.1, -0.05) is 11.6 Å². The molecule has 5 nitrogen and oxygen atoms in total. The molecular weight excluding hydrogens is 205 g/mol. The van der Waals surface area contributed by atoms with E-state index in [4.69, 9.17) is 33.0 Å². The minimum atomic E-state index is -0.127. The molecular formula is C5H5Cl2N3O2. The lowest BCUT2D eigenvalue weighted by atomic mass is 10.7. The maximum Gasteiger partial charge on any atom is 0.257 e. The van der Waals surface area contributed by atoms with Gasteiger partial charge in [-0.3, -0.25) is 0 Å². The molecule has 0 aliphatic rings. The first-order chi connectivity index (χ1) is 5.74. The van der Waals surface area contributed by atoms with Gasteiger partial charge in [0, 0.05) is 0 Å². The van der Waals surface area contributed by atoms with Crippen molar-refractivity contribution in [2.24, 2.45) is 0 Å². The van der Waals surface area contributed by atoms with E-state index in [1.807, 2.05) is 0 Å². The third-order valence-electron chi connectivity index (χ3n) is 0.921. The van der Waals surface area contributed by atoms with E-state index in [2.05, 4.69) is 15.2 Å². The highest BCUT2D eigenvalue weighted by Crippen LogP contribution is 2.18. The van der Waals surface area contributed by atoms with Gasteiger partial charge >= 0.3 is 0 Å². The predicted molar refractivity (Wildman–Crippen MR) is 42.4 cm³/mol. The molecule has 0 saturated heterocycles. The van der Waals surface area contributed by atoms with Crippen LogP contribution < -0.4 is 4.74 Å². The Morgan fingerprint density at radius 3 is 2.75 bits per heavy atom. The quantitative estimate of drug-likeness (QED) is 0.788. The summed E-state index contributed by atoms with van der Waals surface area (Å²) in [7, 11) is 0. The SMILES string of the molecule is OCCOc1nc(Cl)nnc1Cl. The second kappa shape index (κ2) is 4.39. The van der Waals surface area contributed by atoms with Gasteiger partial charge in [-0.05, 0) is 11.6 Å². The zero-order valence-corrected chi connectivity index (χ0v) is 7.38. The number of ether oxygens (including phenoxy) is 1. The summed E-state index contributed by atoms with van der Waals surface area (Å²) in [5.41, 5.74) is 0. The van der Waals surface area contributed by atoms with Crippen molar-refractivity contribution in [3.63, 3.8) is 0 Å². The minimum absolute atomic E-state index is 0.0212. The van der Waals surface area contributed by atoms with Crippen LogP contribution in [0.2, 0.25) is 10.4 Å². The fourth-order valence-corrected chi connectivity index (χ4v) is 0.764. The van der Waals surface area contributed by atoms with Crippen molar-refractivity contribution in [1.29, 1.82) is 0 Å². The van der Waals surface area contributed by atoms with Crippen LogP contribution in [0.15, 0.2) is 0 Å². The molecule has 0 unspecified atom stereocenters. The van der Waals surface area contributed by atoms with Crippen molar-refractivity contribution in [2.45, 2.75) is 0 Å². The Morgan fingerprint density at radius 1 is 1.33 bits per heavy atom.